The van der Waals surface area contributed by atoms with Gasteiger partial charge in [0.2, 0.25) is 0 Å². The smallest absolute Gasteiger partial charge is 0.387 e. The van der Waals surface area contributed by atoms with Gasteiger partial charge in [-0.05, 0) is 54.8 Å². The Morgan fingerprint density at radius 2 is 2.00 bits per heavy atom. The Morgan fingerprint density at radius 3 is 2.68 bits per heavy atom. The molecular formula is C17H18F2N2O3S. The SMILES string of the molecule is COc1ccc(/C=C2/SC(N3CCCCC3)=NC2=O)cc1OC(F)F. The van der Waals surface area contributed by atoms with E-state index in [1.807, 2.05) is 0 Å². The Bertz CT molecular complexity index is 716. The standard InChI is InChI=1S/C17H18F2N2O3S/c1-23-12-6-5-11(9-13(12)24-16(18)19)10-14-15(22)20-17(25-14)21-7-3-2-4-8-21/h5-6,9-10,16H,2-4,7-8H2,1H3/b14-10+. The van der Waals surface area contributed by atoms with Crippen LogP contribution in [0.25, 0.3) is 6.08 Å². The van der Waals surface area contributed by atoms with Crippen LogP contribution in [0, 0.1) is 0 Å². The molecule has 0 saturated carbocycles. The third kappa shape index (κ3) is 4.31. The highest BCUT2D eigenvalue weighted by molar-refractivity contribution is 8.18. The fourth-order valence-corrected chi connectivity index (χ4v) is 3.71. The topological polar surface area (TPSA) is 51.1 Å². The van der Waals surface area contributed by atoms with Crippen molar-refractivity contribution in [3.8, 4) is 11.5 Å². The molecule has 0 bridgehead atoms. The summed E-state index contributed by atoms with van der Waals surface area (Å²) in [6.45, 7) is -1.14. The molecular weight excluding hydrogens is 350 g/mol. The molecule has 0 aromatic heterocycles. The number of amides is 1. The van der Waals surface area contributed by atoms with Crippen LogP contribution in [-0.2, 0) is 4.79 Å². The first-order chi connectivity index (χ1) is 12.1. The highest BCUT2D eigenvalue weighted by Gasteiger charge is 2.27. The van der Waals surface area contributed by atoms with E-state index in [4.69, 9.17) is 4.74 Å². The summed E-state index contributed by atoms with van der Waals surface area (Å²) in [5, 5.41) is 0.716. The number of halogens is 2. The van der Waals surface area contributed by atoms with Gasteiger partial charge < -0.3 is 14.4 Å². The highest BCUT2D eigenvalue weighted by Crippen LogP contribution is 2.34. The zero-order valence-electron chi connectivity index (χ0n) is 13.7. The molecule has 3 rings (SSSR count). The summed E-state index contributed by atoms with van der Waals surface area (Å²) >= 11 is 1.32. The third-order valence-corrected chi connectivity index (χ3v) is 4.98. The van der Waals surface area contributed by atoms with Gasteiger partial charge in [-0.1, -0.05) is 6.07 Å². The Labute approximate surface area is 148 Å². The molecule has 2 heterocycles. The molecule has 2 aliphatic heterocycles. The Hall–Kier alpha value is -2.09. The molecule has 1 fully saturated rings. The minimum absolute atomic E-state index is 0.0699. The first-order valence-corrected chi connectivity index (χ1v) is 8.79. The van der Waals surface area contributed by atoms with Crippen molar-refractivity contribution in [3.05, 3.63) is 28.7 Å². The number of hydrogen-bond donors (Lipinski definition) is 0. The van der Waals surface area contributed by atoms with Crippen LogP contribution in [0.1, 0.15) is 24.8 Å². The number of likely N-dealkylation sites (tertiary alicyclic amines) is 1. The van der Waals surface area contributed by atoms with E-state index >= 15 is 0 Å². The molecule has 0 aliphatic carbocycles. The number of alkyl halides is 2. The maximum atomic E-state index is 12.5. The number of methoxy groups -OCH3 is 1. The van der Waals surface area contributed by atoms with Gasteiger partial charge in [-0.25, -0.2) is 0 Å². The van der Waals surface area contributed by atoms with Crippen molar-refractivity contribution in [1.82, 2.24) is 4.90 Å². The normalized spacial score (nSPS) is 19.5. The minimum Gasteiger partial charge on any atom is -0.493 e. The second-order valence-corrected chi connectivity index (χ2v) is 6.66. The monoisotopic (exact) mass is 368 g/mol. The molecule has 1 aromatic rings. The summed E-state index contributed by atoms with van der Waals surface area (Å²) in [6, 6.07) is 4.63. The van der Waals surface area contributed by atoms with E-state index in [0.29, 0.717) is 15.6 Å². The first-order valence-electron chi connectivity index (χ1n) is 7.97. The summed E-state index contributed by atoms with van der Waals surface area (Å²) in [5.41, 5.74) is 0.572. The van der Waals surface area contributed by atoms with E-state index < -0.39 is 6.61 Å². The van der Waals surface area contributed by atoms with Crippen molar-refractivity contribution < 1.29 is 23.0 Å². The fraction of sp³-hybridized carbons (Fsp3) is 0.412. The zero-order valence-corrected chi connectivity index (χ0v) is 14.5. The molecule has 0 atom stereocenters. The summed E-state index contributed by atoms with van der Waals surface area (Å²) in [5.74, 6) is -0.171. The fourth-order valence-electron chi connectivity index (χ4n) is 2.74. The number of aliphatic imine (C=N–C) groups is 1. The van der Waals surface area contributed by atoms with Crippen molar-refractivity contribution in [2.75, 3.05) is 20.2 Å². The van der Waals surface area contributed by atoms with Gasteiger partial charge in [-0.15, -0.1) is 0 Å². The van der Waals surface area contributed by atoms with E-state index in [1.165, 1.54) is 37.4 Å². The number of carbonyl (C=O) groups is 1. The molecule has 134 valence electrons. The quantitative estimate of drug-likeness (QED) is 0.758. The van der Waals surface area contributed by atoms with Crippen molar-refractivity contribution >= 4 is 28.9 Å². The van der Waals surface area contributed by atoms with Gasteiger partial charge in [0.1, 0.15) is 0 Å². The minimum atomic E-state index is -2.95. The average molecular weight is 368 g/mol. The van der Waals surface area contributed by atoms with Crippen LogP contribution in [0.5, 0.6) is 11.5 Å². The number of ether oxygens (including phenoxy) is 2. The lowest BCUT2D eigenvalue weighted by Crippen LogP contribution is -2.33. The lowest BCUT2D eigenvalue weighted by Gasteiger charge is -2.27. The predicted octanol–water partition coefficient (Wildman–Crippen LogP) is 3.75. The number of thioether (sulfide) groups is 1. The lowest BCUT2D eigenvalue weighted by molar-refractivity contribution is -0.113. The van der Waals surface area contributed by atoms with E-state index in [9.17, 15) is 13.6 Å². The van der Waals surface area contributed by atoms with Crippen molar-refractivity contribution in [2.45, 2.75) is 25.9 Å². The lowest BCUT2D eigenvalue weighted by atomic mass is 10.1. The number of rotatable bonds is 4. The molecule has 0 radical (unpaired) electrons. The molecule has 1 saturated heterocycles. The third-order valence-electron chi connectivity index (χ3n) is 3.94. The molecule has 1 aromatic carbocycles. The predicted molar refractivity (Wildman–Crippen MR) is 93.1 cm³/mol. The van der Waals surface area contributed by atoms with Gasteiger partial charge in [0.25, 0.3) is 5.91 Å². The molecule has 25 heavy (non-hydrogen) atoms. The molecule has 2 aliphatic rings. The summed E-state index contributed by atoms with van der Waals surface area (Å²) in [6.07, 6.45) is 5.02. The largest absolute Gasteiger partial charge is 0.493 e. The van der Waals surface area contributed by atoms with Gasteiger partial charge >= 0.3 is 6.61 Å². The van der Waals surface area contributed by atoms with Crippen LogP contribution in [0.15, 0.2) is 28.1 Å². The van der Waals surface area contributed by atoms with Crippen LogP contribution in [0.4, 0.5) is 8.78 Å². The summed E-state index contributed by atoms with van der Waals surface area (Å²) in [4.78, 5) is 18.8. The van der Waals surface area contributed by atoms with Crippen LogP contribution in [-0.4, -0.2) is 42.8 Å². The summed E-state index contributed by atoms with van der Waals surface area (Å²) in [7, 11) is 1.38. The first kappa shape index (κ1) is 17.7. The Kier molecular flexibility index (Phi) is 5.57. The molecule has 5 nitrogen and oxygen atoms in total. The average Bonchev–Trinajstić information content (AvgIpc) is 2.96. The second-order valence-electron chi connectivity index (χ2n) is 5.65. The van der Waals surface area contributed by atoms with Crippen molar-refractivity contribution in [3.63, 3.8) is 0 Å². The molecule has 0 N–H and O–H groups in total. The maximum Gasteiger partial charge on any atom is 0.387 e. The number of piperidine rings is 1. The van der Waals surface area contributed by atoms with Gasteiger partial charge in [0, 0.05) is 13.1 Å². The number of nitrogens with zero attached hydrogens (tertiary/aromatic N) is 2. The van der Waals surface area contributed by atoms with Crippen LogP contribution >= 0.6 is 11.8 Å². The number of amidine groups is 1. The van der Waals surface area contributed by atoms with Gasteiger partial charge in [-0.2, -0.15) is 13.8 Å². The maximum absolute atomic E-state index is 12.5. The van der Waals surface area contributed by atoms with E-state index in [1.54, 1.807) is 12.1 Å². The number of benzene rings is 1. The summed E-state index contributed by atoms with van der Waals surface area (Å²) < 4.78 is 34.5. The van der Waals surface area contributed by atoms with Crippen LogP contribution in [0.3, 0.4) is 0 Å². The molecule has 0 unspecified atom stereocenters. The second kappa shape index (κ2) is 7.86. The van der Waals surface area contributed by atoms with Crippen molar-refractivity contribution in [1.29, 1.82) is 0 Å². The van der Waals surface area contributed by atoms with E-state index in [0.717, 1.165) is 25.9 Å². The molecule has 0 spiro atoms. The van der Waals surface area contributed by atoms with Gasteiger partial charge in [-0.3, -0.25) is 4.79 Å². The van der Waals surface area contributed by atoms with E-state index in [-0.39, 0.29) is 17.4 Å². The van der Waals surface area contributed by atoms with Gasteiger partial charge in [0.05, 0.1) is 12.0 Å². The molecule has 1 amide bonds. The van der Waals surface area contributed by atoms with Crippen molar-refractivity contribution in [2.24, 2.45) is 4.99 Å². The highest BCUT2D eigenvalue weighted by atomic mass is 32.2. The molecule has 8 heteroatoms. The van der Waals surface area contributed by atoms with Crippen LogP contribution in [0.2, 0.25) is 0 Å². The van der Waals surface area contributed by atoms with Gasteiger partial charge in [0.15, 0.2) is 16.7 Å². The Morgan fingerprint density at radius 1 is 1.24 bits per heavy atom. The van der Waals surface area contributed by atoms with E-state index in [2.05, 4.69) is 14.6 Å². The Balaban J connectivity index is 1.78. The zero-order chi connectivity index (χ0) is 17.8. The number of carbonyl (C=O) groups excluding carboxylic acids is 1. The number of hydrogen-bond acceptors (Lipinski definition) is 5. The van der Waals surface area contributed by atoms with Crippen LogP contribution < -0.4 is 9.47 Å².